The number of aryl methyl sites for hydroxylation is 1. The molecule has 7 nitrogen and oxygen atoms in total. The summed E-state index contributed by atoms with van der Waals surface area (Å²) in [5.41, 5.74) is 2.97. The van der Waals surface area contributed by atoms with Crippen LogP contribution in [-0.4, -0.2) is 55.6 Å². The first-order valence-corrected chi connectivity index (χ1v) is 14.8. The van der Waals surface area contributed by atoms with E-state index in [1.54, 1.807) is 35.2 Å². The quantitative estimate of drug-likeness (QED) is 0.319. The molecule has 2 amide bonds. The number of hydrogen-bond acceptors (Lipinski definition) is 4. The topological polar surface area (TPSA) is 86.8 Å². The Labute approximate surface area is 232 Å². The molecular formula is C31H39N3O4S. The van der Waals surface area contributed by atoms with Crippen LogP contribution in [0.15, 0.2) is 89.8 Å². The van der Waals surface area contributed by atoms with E-state index in [0.717, 1.165) is 23.1 Å². The summed E-state index contributed by atoms with van der Waals surface area (Å²) in [4.78, 5) is 29.0. The van der Waals surface area contributed by atoms with Crippen LogP contribution >= 0.6 is 0 Å². The SMILES string of the molecule is CCCNC(=O)C(Cc1ccccc1)N(Cc1ccccc1C)C(=O)CCCN(C)S(=O)(=O)c1ccccc1. The van der Waals surface area contributed by atoms with Crippen molar-refractivity contribution in [3.8, 4) is 0 Å². The van der Waals surface area contributed by atoms with E-state index in [0.29, 0.717) is 25.9 Å². The Kier molecular flexibility index (Phi) is 11.3. The number of sulfonamides is 1. The second-order valence-electron chi connectivity index (χ2n) is 9.69. The Morgan fingerprint density at radius 3 is 2.15 bits per heavy atom. The van der Waals surface area contributed by atoms with Gasteiger partial charge in [-0.2, -0.15) is 0 Å². The molecule has 1 unspecified atom stereocenters. The molecule has 8 heteroatoms. The molecule has 3 aromatic carbocycles. The molecule has 0 bridgehead atoms. The van der Waals surface area contributed by atoms with Gasteiger partial charge in [0.05, 0.1) is 4.90 Å². The van der Waals surface area contributed by atoms with Gasteiger partial charge in [0, 0.05) is 39.5 Å². The number of amides is 2. The van der Waals surface area contributed by atoms with Crippen molar-refractivity contribution >= 4 is 21.8 Å². The van der Waals surface area contributed by atoms with Gasteiger partial charge in [-0.1, -0.05) is 79.7 Å². The molecule has 0 radical (unpaired) electrons. The predicted octanol–water partition coefficient (Wildman–Crippen LogP) is 4.56. The molecule has 0 aliphatic carbocycles. The molecule has 39 heavy (non-hydrogen) atoms. The van der Waals surface area contributed by atoms with Gasteiger partial charge in [-0.05, 0) is 48.6 Å². The van der Waals surface area contributed by atoms with E-state index in [-0.39, 0.29) is 29.7 Å². The predicted molar refractivity (Wildman–Crippen MR) is 154 cm³/mol. The van der Waals surface area contributed by atoms with Crippen LogP contribution in [0.1, 0.15) is 42.9 Å². The maximum atomic E-state index is 13.7. The monoisotopic (exact) mass is 549 g/mol. The van der Waals surface area contributed by atoms with E-state index in [4.69, 9.17) is 0 Å². The van der Waals surface area contributed by atoms with Crippen molar-refractivity contribution in [2.75, 3.05) is 20.1 Å². The number of nitrogens with zero attached hydrogens (tertiary/aromatic N) is 2. The molecule has 0 fully saturated rings. The fourth-order valence-corrected chi connectivity index (χ4v) is 5.61. The number of carbonyl (C=O) groups excluding carboxylic acids is 2. The molecule has 208 valence electrons. The van der Waals surface area contributed by atoms with Crippen LogP contribution in [0.4, 0.5) is 0 Å². The summed E-state index contributed by atoms with van der Waals surface area (Å²) in [5.74, 6) is -0.372. The molecule has 0 spiro atoms. The highest BCUT2D eigenvalue weighted by Crippen LogP contribution is 2.19. The fraction of sp³-hybridized carbons (Fsp3) is 0.355. The van der Waals surface area contributed by atoms with Crippen molar-refractivity contribution < 1.29 is 18.0 Å². The Morgan fingerprint density at radius 1 is 0.897 bits per heavy atom. The molecule has 1 N–H and O–H groups in total. The van der Waals surface area contributed by atoms with Crippen molar-refractivity contribution in [3.05, 3.63) is 102 Å². The first-order valence-electron chi connectivity index (χ1n) is 13.4. The second-order valence-corrected chi connectivity index (χ2v) is 11.7. The lowest BCUT2D eigenvalue weighted by molar-refractivity contribution is -0.141. The largest absolute Gasteiger partial charge is 0.354 e. The lowest BCUT2D eigenvalue weighted by atomic mass is 10.0. The van der Waals surface area contributed by atoms with Crippen LogP contribution in [0.2, 0.25) is 0 Å². The number of carbonyl (C=O) groups is 2. The number of rotatable bonds is 14. The lowest BCUT2D eigenvalue weighted by Crippen LogP contribution is -2.50. The minimum Gasteiger partial charge on any atom is -0.354 e. The van der Waals surface area contributed by atoms with Gasteiger partial charge in [0.15, 0.2) is 0 Å². The van der Waals surface area contributed by atoms with Gasteiger partial charge in [0.1, 0.15) is 6.04 Å². The van der Waals surface area contributed by atoms with Crippen LogP contribution in [0.25, 0.3) is 0 Å². The summed E-state index contributed by atoms with van der Waals surface area (Å²) < 4.78 is 27.1. The smallest absolute Gasteiger partial charge is 0.243 e. The van der Waals surface area contributed by atoms with Crippen LogP contribution in [0.3, 0.4) is 0 Å². The van der Waals surface area contributed by atoms with Crippen molar-refractivity contribution in [1.82, 2.24) is 14.5 Å². The molecule has 3 aromatic rings. The number of benzene rings is 3. The van der Waals surface area contributed by atoms with Crippen molar-refractivity contribution in [2.45, 2.75) is 57.0 Å². The molecule has 0 aromatic heterocycles. The summed E-state index contributed by atoms with van der Waals surface area (Å²) in [6, 6.07) is 25.1. The van der Waals surface area contributed by atoms with E-state index in [9.17, 15) is 18.0 Å². The van der Waals surface area contributed by atoms with Crippen LogP contribution < -0.4 is 5.32 Å². The van der Waals surface area contributed by atoms with Gasteiger partial charge in [-0.15, -0.1) is 0 Å². The third-order valence-corrected chi connectivity index (χ3v) is 8.61. The number of nitrogens with one attached hydrogen (secondary N) is 1. The van der Waals surface area contributed by atoms with E-state index in [1.807, 2.05) is 68.4 Å². The zero-order valence-electron chi connectivity index (χ0n) is 23.0. The maximum absolute atomic E-state index is 13.7. The Bertz CT molecular complexity index is 1310. The van der Waals surface area contributed by atoms with Crippen molar-refractivity contribution in [3.63, 3.8) is 0 Å². The number of hydrogen-bond donors (Lipinski definition) is 1. The van der Waals surface area contributed by atoms with E-state index < -0.39 is 16.1 Å². The standard InChI is InChI=1S/C31H39N3O4S/c1-4-21-32-31(36)29(23-26-15-7-5-8-16-26)34(24-27-17-12-11-14-25(27)2)30(35)20-13-22-33(3)39(37,38)28-18-9-6-10-19-28/h5-12,14-19,29H,4,13,20-24H2,1-3H3,(H,32,36). The Morgan fingerprint density at radius 2 is 1.51 bits per heavy atom. The first kappa shape index (κ1) is 30.1. The van der Waals surface area contributed by atoms with Crippen molar-refractivity contribution in [2.24, 2.45) is 0 Å². The highest BCUT2D eigenvalue weighted by molar-refractivity contribution is 7.89. The average Bonchev–Trinajstić information content (AvgIpc) is 2.95. The Balaban J connectivity index is 1.82. The molecule has 0 heterocycles. The molecule has 3 rings (SSSR count). The van der Waals surface area contributed by atoms with E-state index in [2.05, 4.69) is 5.32 Å². The highest BCUT2D eigenvalue weighted by Gasteiger charge is 2.30. The minimum atomic E-state index is -3.65. The lowest BCUT2D eigenvalue weighted by Gasteiger charge is -2.32. The van der Waals surface area contributed by atoms with Crippen LogP contribution in [0, 0.1) is 6.92 Å². The van der Waals surface area contributed by atoms with Gasteiger partial charge in [-0.25, -0.2) is 12.7 Å². The van der Waals surface area contributed by atoms with Crippen LogP contribution in [0.5, 0.6) is 0 Å². The zero-order valence-corrected chi connectivity index (χ0v) is 23.9. The third-order valence-electron chi connectivity index (χ3n) is 6.74. The van der Waals surface area contributed by atoms with Gasteiger partial charge >= 0.3 is 0 Å². The fourth-order valence-electron chi connectivity index (χ4n) is 4.38. The summed E-state index contributed by atoms with van der Waals surface area (Å²) in [7, 11) is -2.13. The molecular weight excluding hydrogens is 510 g/mol. The minimum absolute atomic E-state index is 0.118. The summed E-state index contributed by atoms with van der Waals surface area (Å²) in [6.07, 6.45) is 1.63. The first-order chi connectivity index (χ1) is 18.7. The molecule has 0 saturated heterocycles. The highest BCUT2D eigenvalue weighted by atomic mass is 32.2. The molecule has 1 atom stereocenters. The van der Waals surface area contributed by atoms with Gasteiger partial charge < -0.3 is 10.2 Å². The normalized spacial score (nSPS) is 12.2. The van der Waals surface area contributed by atoms with Gasteiger partial charge in [0.25, 0.3) is 0 Å². The zero-order chi connectivity index (χ0) is 28.3. The summed E-state index contributed by atoms with van der Waals surface area (Å²) in [6.45, 7) is 4.99. The van der Waals surface area contributed by atoms with Gasteiger partial charge in [0.2, 0.25) is 21.8 Å². The third kappa shape index (κ3) is 8.50. The maximum Gasteiger partial charge on any atom is 0.243 e. The Hall–Kier alpha value is -3.49. The average molecular weight is 550 g/mol. The van der Waals surface area contributed by atoms with Crippen molar-refractivity contribution in [1.29, 1.82) is 0 Å². The summed E-state index contributed by atoms with van der Waals surface area (Å²) >= 11 is 0. The second kappa shape index (κ2) is 14.6. The molecule has 0 aliphatic rings. The van der Waals surface area contributed by atoms with Crippen LogP contribution in [-0.2, 0) is 32.6 Å². The molecule has 0 aliphatic heterocycles. The van der Waals surface area contributed by atoms with E-state index in [1.165, 1.54) is 11.4 Å². The molecule has 0 saturated carbocycles. The van der Waals surface area contributed by atoms with Gasteiger partial charge in [-0.3, -0.25) is 9.59 Å². The summed E-state index contributed by atoms with van der Waals surface area (Å²) in [5, 5.41) is 2.98. The van der Waals surface area contributed by atoms with E-state index >= 15 is 0 Å².